The fraction of sp³-hybridized carbons (Fsp3) is 0.562. The maximum atomic E-state index is 5.86. The largest absolute Gasteiger partial charge is 0.489 e. The monoisotopic (exact) mass is 275 g/mol. The van der Waals surface area contributed by atoms with Gasteiger partial charge in [0.05, 0.1) is 6.54 Å². The molecular weight excluding hydrogens is 250 g/mol. The van der Waals surface area contributed by atoms with Gasteiger partial charge in [-0.1, -0.05) is 17.7 Å². The Labute approximate surface area is 121 Å². The molecule has 0 amide bonds. The van der Waals surface area contributed by atoms with Gasteiger partial charge in [0, 0.05) is 13.6 Å². The predicted molar refractivity (Wildman–Crippen MR) is 83.4 cm³/mol. The summed E-state index contributed by atoms with van der Waals surface area (Å²) in [5.41, 5.74) is 1.24. The molecule has 1 aliphatic rings. The molecule has 4 heteroatoms. The Hall–Kier alpha value is -1.71. The van der Waals surface area contributed by atoms with Crippen molar-refractivity contribution in [1.29, 1.82) is 0 Å². The average molecular weight is 275 g/mol. The summed E-state index contributed by atoms with van der Waals surface area (Å²) in [5, 5.41) is 6.64. The van der Waals surface area contributed by atoms with E-state index >= 15 is 0 Å². The molecule has 0 aromatic heterocycles. The third-order valence-electron chi connectivity index (χ3n) is 3.39. The maximum Gasteiger partial charge on any atom is 0.191 e. The van der Waals surface area contributed by atoms with Gasteiger partial charge < -0.3 is 15.4 Å². The molecule has 0 bridgehead atoms. The van der Waals surface area contributed by atoms with Crippen LogP contribution in [-0.4, -0.2) is 32.2 Å². The van der Waals surface area contributed by atoms with Crippen molar-refractivity contribution in [3.05, 3.63) is 29.8 Å². The molecule has 2 N–H and O–H groups in total. The van der Waals surface area contributed by atoms with Crippen molar-refractivity contribution in [2.45, 2.75) is 32.8 Å². The SMILES string of the molecule is CN=C(NCC1CC1)NCC(C)Oc1ccc(C)cc1. The molecule has 1 aromatic rings. The molecular formula is C16H25N3O. The van der Waals surface area contributed by atoms with Gasteiger partial charge in [-0.3, -0.25) is 4.99 Å². The van der Waals surface area contributed by atoms with Crippen LogP contribution in [0.1, 0.15) is 25.3 Å². The highest BCUT2D eigenvalue weighted by Crippen LogP contribution is 2.27. The normalized spacial score (nSPS) is 16.6. The zero-order chi connectivity index (χ0) is 14.4. The van der Waals surface area contributed by atoms with Gasteiger partial charge in [-0.25, -0.2) is 0 Å². The van der Waals surface area contributed by atoms with E-state index in [2.05, 4.69) is 41.6 Å². The van der Waals surface area contributed by atoms with Gasteiger partial charge in [0.25, 0.3) is 0 Å². The fourth-order valence-electron chi connectivity index (χ4n) is 1.91. The summed E-state index contributed by atoms with van der Waals surface area (Å²) in [6, 6.07) is 8.13. The lowest BCUT2D eigenvalue weighted by atomic mass is 10.2. The zero-order valence-corrected chi connectivity index (χ0v) is 12.6. The van der Waals surface area contributed by atoms with Crippen LogP contribution in [0.3, 0.4) is 0 Å². The molecule has 20 heavy (non-hydrogen) atoms. The number of rotatable bonds is 6. The molecule has 0 heterocycles. The van der Waals surface area contributed by atoms with Gasteiger partial charge >= 0.3 is 0 Å². The third kappa shape index (κ3) is 5.11. The molecule has 1 atom stereocenters. The molecule has 0 aliphatic heterocycles. The van der Waals surface area contributed by atoms with Crippen LogP contribution in [0.15, 0.2) is 29.3 Å². The van der Waals surface area contributed by atoms with Gasteiger partial charge in [0.15, 0.2) is 5.96 Å². The standard InChI is InChI=1S/C16H25N3O/c1-12-4-8-15(9-5-12)20-13(2)10-18-16(17-3)19-11-14-6-7-14/h4-5,8-9,13-14H,6-7,10-11H2,1-3H3,(H2,17,18,19). The summed E-state index contributed by atoms with van der Waals surface area (Å²) in [5.74, 6) is 2.61. The number of guanidine groups is 1. The molecule has 1 unspecified atom stereocenters. The van der Waals surface area contributed by atoms with Gasteiger partial charge in [-0.05, 0) is 44.7 Å². The highest BCUT2D eigenvalue weighted by Gasteiger charge is 2.21. The Balaban J connectivity index is 1.70. The summed E-state index contributed by atoms with van der Waals surface area (Å²) < 4.78 is 5.86. The highest BCUT2D eigenvalue weighted by molar-refractivity contribution is 5.79. The van der Waals surface area contributed by atoms with E-state index in [1.165, 1.54) is 18.4 Å². The maximum absolute atomic E-state index is 5.86. The van der Waals surface area contributed by atoms with E-state index in [0.717, 1.165) is 30.7 Å². The van der Waals surface area contributed by atoms with Crippen LogP contribution in [0.2, 0.25) is 0 Å². The molecule has 1 aliphatic carbocycles. The minimum atomic E-state index is 0.0946. The summed E-state index contributed by atoms with van der Waals surface area (Å²) in [6.07, 6.45) is 2.78. The molecule has 1 fully saturated rings. The number of hydrogen-bond acceptors (Lipinski definition) is 2. The van der Waals surface area contributed by atoms with Crippen LogP contribution < -0.4 is 15.4 Å². The number of benzene rings is 1. The van der Waals surface area contributed by atoms with E-state index in [4.69, 9.17) is 4.74 Å². The Kier molecular flexibility index (Phi) is 5.27. The van der Waals surface area contributed by atoms with Crippen LogP contribution in [0.4, 0.5) is 0 Å². The zero-order valence-electron chi connectivity index (χ0n) is 12.6. The van der Waals surface area contributed by atoms with Crippen LogP contribution in [0, 0.1) is 12.8 Å². The first-order valence-corrected chi connectivity index (χ1v) is 7.35. The molecule has 1 aromatic carbocycles. The van der Waals surface area contributed by atoms with Crippen molar-refractivity contribution in [2.75, 3.05) is 20.1 Å². The first-order valence-electron chi connectivity index (χ1n) is 7.35. The van der Waals surface area contributed by atoms with Crippen molar-refractivity contribution in [2.24, 2.45) is 10.9 Å². The number of aliphatic imine (C=N–C) groups is 1. The summed E-state index contributed by atoms with van der Waals surface area (Å²) in [7, 11) is 1.80. The molecule has 4 nitrogen and oxygen atoms in total. The average Bonchev–Trinajstić information content (AvgIpc) is 3.26. The highest BCUT2D eigenvalue weighted by atomic mass is 16.5. The molecule has 0 spiro atoms. The lowest BCUT2D eigenvalue weighted by Gasteiger charge is -2.17. The second kappa shape index (κ2) is 7.17. The number of hydrogen-bond donors (Lipinski definition) is 2. The molecule has 0 saturated heterocycles. The molecule has 0 radical (unpaired) electrons. The first-order chi connectivity index (χ1) is 9.67. The lowest BCUT2D eigenvalue weighted by molar-refractivity contribution is 0.224. The van der Waals surface area contributed by atoms with Crippen LogP contribution in [-0.2, 0) is 0 Å². The van der Waals surface area contributed by atoms with E-state index in [-0.39, 0.29) is 6.10 Å². The smallest absolute Gasteiger partial charge is 0.191 e. The summed E-state index contributed by atoms with van der Waals surface area (Å²) >= 11 is 0. The fourth-order valence-corrected chi connectivity index (χ4v) is 1.91. The lowest BCUT2D eigenvalue weighted by Crippen LogP contribution is -2.42. The van der Waals surface area contributed by atoms with Crippen molar-refractivity contribution >= 4 is 5.96 Å². The van der Waals surface area contributed by atoms with E-state index in [1.54, 1.807) is 7.05 Å². The van der Waals surface area contributed by atoms with Gasteiger partial charge in [0.1, 0.15) is 11.9 Å². The van der Waals surface area contributed by atoms with E-state index in [0.29, 0.717) is 0 Å². The Morgan fingerprint density at radius 2 is 2.00 bits per heavy atom. The van der Waals surface area contributed by atoms with Crippen LogP contribution in [0.25, 0.3) is 0 Å². The summed E-state index contributed by atoms with van der Waals surface area (Å²) in [6.45, 7) is 5.89. The van der Waals surface area contributed by atoms with Crippen molar-refractivity contribution in [3.63, 3.8) is 0 Å². The first kappa shape index (κ1) is 14.7. The minimum Gasteiger partial charge on any atom is -0.489 e. The van der Waals surface area contributed by atoms with Crippen molar-refractivity contribution in [1.82, 2.24) is 10.6 Å². The molecule has 2 rings (SSSR count). The van der Waals surface area contributed by atoms with Gasteiger partial charge in [-0.15, -0.1) is 0 Å². The van der Waals surface area contributed by atoms with E-state index in [1.807, 2.05) is 12.1 Å². The number of aryl methyl sites for hydroxylation is 1. The second-order valence-corrected chi connectivity index (χ2v) is 5.52. The molecule has 1 saturated carbocycles. The van der Waals surface area contributed by atoms with E-state index in [9.17, 15) is 0 Å². The topological polar surface area (TPSA) is 45.7 Å². The van der Waals surface area contributed by atoms with Crippen LogP contribution >= 0.6 is 0 Å². The third-order valence-corrected chi connectivity index (χ3v) is 3.39. The van der Waals surface area contributed by atoms with Crippen molar-refractivity contribution < 1.29 is 4.74 Å². The number of ether oxygens (including phenoxy) is 1. The Bertz CT molecular complexity index is 438. The predicted octanol–water partition coefficient (Wildman–Crippen LogP) is 2.34. The second-order valence-electron chi connectivity index (χ2n) is 5.52. The number of nitrogens with zero attached hydrogens (tertiary/aromatic N) is 1. The Morgan fingerprint density at radius 1 is 1.30 bits per heavy atom. The van der Waals surface area contributed by atoms with Gasteiger partial charge in [-0.2, -0.15) is 0 Å². The summed E-state index contributed by atoms with van der Waals surface area (Å²) in [4.78, 5) is 4.22. The minimum absolute atomic E-state index is 0.0946. The number of nitrogens with one attached hydrogen (secondary N) is 2. The quantitative estimate of drug-likeness (QED) is 0.619. The molecule has 110 valence electrons. The van der Waals surface area contributed by atoms with Gasteiger partial charge in [0.2, 0.25) is 0 Å². The van der Waals surface area contributed by atoms with Crippen molar-refractivity contribution in [3.8, 4) is 5.75 Å². The Morgan fingerprint density at radius 3 is 2.60 bits per heavy atom. The van der Waals surface area contributed by atoms with E-state index < -0.39 is 0 Å². The van der Waals surface area contributed by atoms with Crippen LogP contribution in [0.5, 0.6) is 5.75 Å².